The molecule has 0 saturated carbocycles. The highest BCUT2D eigenvalue weighted by molar-refractivity contribution is 7.99. The predicted molar refractivity (Wildman–Crippen MR) is 133 cm³/mol. The Morgan fingerprint density at radius 1 is 1.00 bits per heavy atom. The van der Waals surface area contributed by atoms with Crippen LogP contribution in [0.3, 0.4) is 0 Å². The van der Waals surface area contributed by atoms with Gasteiger partial charge in [-0.3, -0.25) is 4.79 Å². The summed E-state index contributed by atoms with van der Waals surface area (Å²) in [5.41, 5.74) is 3.54. The van der Waals surface area contributed by atoms with E-state index in [2.05, 4.69) is 5.32 Å². The smallest absolute Gasteiger partial charge is 0.335 e. The number of aliphatic hydroxyl groups is 1. The second-order valence-corrected chi connectivity index (χ2v) is 9.39. The summed E-state index contributed by atoms with van der Waals surface area (Å²) in [6.07, 6.45) is -0.337. The Morgan fingerprint density at radius 3 is 2.40 bits per heavy atom. The lowest BCUT2D eigenvalue weighted by atomic mass is 10.0. The summed E-state index contributed by atoms with van der Waals surface area (Å²) in [7, 11) is 0. The van der Waals surface area contributed by atoms with E-state index in [4.69, 9.17) is 14.6 Å². The van der Waals surface area contributed by atoms with Crippen LogP contribution in [-0.4, -0.2) is 33.9 Å². The summed E-state index contributed by atoms with van der Waals surface area (Å²) in [5.74, 6) is -0.450. The predicted octanol–water partition coefficient (Wildman–Crippen LogP) is 5.17. The Bertz CT molecular complexity index is 1170. The van der Waals surface area contributed by atoms with Crippen LogP contribution in [0.5, 0.6) is 0 Å². The van der Waals surface area contributed by atoms with E-state index in [-0.39, 0.29) is 30.3 Å². The lowest BCUT2D eigenvalue weighted by Gasteiger charge is -2.36. The maximum absolute atomic E-state index is 11.5. The van der Waals surface area contributed by atoms with Gasteiger partial charge in [0.2, 0.25) is 5.91 Å². The fraction of sp³-hybridized carbons (Fsp3) is 0.259. The second-order valence-electron chi connectivity index (χ2n) is 8.30. The third-order valence-electron chi connectivity index (χ3n) is 5.63. The van der Waals surface area contributed by atoms with Gasteiger partial charge in [0, 0.05) is 35.2 Å². The van der Waals surface area contributed by atoms with Crippen LogP contribution in [0.15, 0.2) is 77.7 Å². The van der Waals surface area contributed by atoms with Gasteiger partial charge in [-0.25, -0.2) is 4.79 Å². The molecule has 182 valence electrons. The van der Waals surface area contributed by atoms with Crippen molar-refractivity contribution in [1.29, 1.82) is 0 Å². The van der Waals surface area contributed by atoms with Crippen LogP contribution in [0.1, 0.15) is 52.8 Å². The lowest BCUT2D eigenvalue weighted by Crippen LogP contribution is -2.31. The van der Waals surface area contributed by atoms with Gasteiger partial charge < -0.3 is 25.0 Å². The fourth-order valence-corrected chi connectivity index (χ4v) is 4.79. The van der Waals surface area contributed by atoms with Crippen LogP contribution < -0.4 is 5.32 Å². The molecule has 0 aliphatic carbocycles. The fourth-order valence-electron chi connectivity index (χ4n) is 3.87. The van der Waals surface area contributed by atoms with E-state index >= 15 is 0 Å². The Morgan fingerprint density at radius 2 is 1.74 bits per heavy atom. The molecule has 1 fully saturated rings. The van der Waals surface area contributed by atoms with Crippen molar-refractivity contribution >= 4 is 29.3 Å². The molecular formula is C27H27NO6S. The number of benzene rings is 3. The number of nitrogens with one attached hydrogen (secondary N) is 1. The zero-order chi connectivity index (χ0) is 24.8. The molecule has 4 rings (SSSR count). The van der Waals surface area contributed by atoms with E-state index < -0.39 is 12.3 Å². The van der Waals surface area contributed by atoms with Crippen molar-refractivity contribution in [1.82, 2.24) is 0 Å². The zero-order valence-electron chi connectivity index (χ0n) is 19.2. The van der Waals surface area contributed by atoms with Gasteiger partial charge >= 0.3 is 5.97 Å². The van der Waals surface area contributed by atoms with Crippen molar-refractivity contribution in [3.63, 3.8) is 0 Å². The quantitative estimate of drug-likeness (QED) is 0.372. The molecule has 1 heterocycles. The molecule has 7 nitrogen and oxygen atoms in total. The maximum Gasteiger partial charge on any atom is 0.335 e. The van der Waals surface area contributed by atoms with Gasteiger partial charge in [0.15, 0.2) is 6.29 Å². The van der Waals surface area contributed by atoms with Crippen LogP contribution in [0, 0.1) is 0 Å². The normalized spacial score (nSPS) is 19.8. The number of aromatic carboxylic acids is 1. The molecule has 1 aliphatic rings. The van der Waals surface area contributed by atoms with Crippen LogP contribution in [0.25, 0.3) is 0 Å². The van der Waals surface area contributed by atoms with Crippen molar-refractivity contribution in [3.05, 3.63) is 95.1 Å². The van der Waals surface area contributed by atoms with Gasteiger partial charge in [0.1, 0.15) is 0 Å². The topological polar surface area (TPSA) is 105 Å². The Labute approximate surface area is 208 Å². The summed E-state index contributed by atoms with van der Waals surface area (Å²) in [6.45, 7) is 1.44. The second kappa shape index (κ2) is 11.5. The van der Waals surface area contributed by atoms with E-state index in [1.165, 1.54) is 6.92 Å². The number of thioether (sulfide) groups is 1. The molecule has 0 radical (unpaired) electrons. The molecule has 0 aromatic heterocycles. The van der Waals surface area contributed by atoms with Gasteiger partial charge in [-0.15, -0.1) is 11.8 Å². The molecule has 1 amide bonds. The first kappa shape index (κ1) is 24.9. The molecular weight excluding hydrogens is 466 g/mol. The molecule has 0 unspecified atom stereocenters. The third kappa shape index (κ3) is 6.70. The molecule has 1 saturated heterocycles. The SMILES string of the molecule is CC(=O)Nc1cccc([C@@H]2O[C@H](CSc3ccc(C(=O)O)cc3)C[C@H](c3ccc(CO)cc3)O2)c1. The number of hydrogen-bond donors (Lipinski definition) is 3. The number of carbonyl (C=O) groups excluding carboxylic acids is 1. The minimum atomic E-state index is -0.950. The first-order valence-electron chi connectivity index (χ1n) is 11.3. The van der Waals surface area contributed by atoms with Crippen molar-refractivity contribution in [2.75, 3.05) is 11.1 Å². The van der Waals surface area contributed by atoms with Crippen molar-refractivity contribution in [2.24, 2.45) is 0 Å². The average Bonchev–Trinajstić information content (AvgIpc) is 2.87. The van der Waals surface area contributed by atoms with Gasteiger partial charge in [0.25, 0.3) is 0 Å². The number of rotatable bonds is 8. The van der Waals surface area contributed by atoms with Crippen LogP contribution in [0.4, 0.5) is 5.69 Å². The third-order valence-corrected chi connectivity index (χ3v) is 6.78. The largest absolute Gasteiger partial charge is 0.478 e. The molecule has 3 atom stereocenters. The number of ether oxygens (including phenoxy) is 2. The zero-order valence-corrected chi connectivity index (χ0v) is 20.0. The highest BCUT2D eigenvalue weighted by atomic mass is 32.2. The Kier molecular flexibility index (Phi) is 8.20. The number of carbonyl (C=O) groups is 2. The van der Waals surface area contributed by atoms with Gasteiger partial charge in [-0.1, -0.05) is 36.4 Å². The number of carboxylic acids is 1. The van der Waals surface area contributed by atoms with Crippen molar-refractivity contribution < 1.29 is 29.3 Å². The highest BCUT2D eigenvalue weighted by Crippen LogP contribution is 2.40. The molecule has 0 bridgehead atoms. The lowest BCUT2D eigenvalue weighted by molar-refractivity contribution is -0.245. The van der Waals surface area contributed by atoms with E-state index in [0.29, 0.717) is 17.9 Å². The molecule has 3 aromatic carbocycles. The van der Waals surface area contributed by atoms with E-state index in [0.717, 1.165) is 21.6 Å². The van der Waals surface area contributed by atoms with Gasteiger partial charge in [-0.05, 0) is 47.5 Å². The summed E-state index contributed by atoms with van der Waals surface area (Å²) in [5, 5.41) is 21.3. The van der Waals surface area contributed by atoms with Crippen LogP contribution >= 0.6 is 11.8 Å². The monoisotopic (exact) mass is 493 g/mol. The molecule has 0 spiro atoms. The number of carboxylic acid groups (broad SMARTS) is 1. The number of amides is 1. The first-order valence-corrected chi connectivity index (χ1v) is 12.2. The molecule has 35 heavy (non-hydrogen) atoms. The number of aliphatic hydroxyl groups excluding tert-OH is 1. The van der Waals surface area contributed by atoms with Gasteiger partial charge in [-0.2, -0.15) is 0 Å². The maximum atomic E-state index is 11.5. The molecule has 3 N–H and O–H groups in total. The molecule has 3 aromatic rings. The van der Waals surface area contributed by atoms with Crippen LogP contribution in [0.2, 0.25) is 0 Å². The summed E-state index contributed by atoms with van der Waals surface area (Å²) in [6, 6.07) is 21.9. The van der Waals surface area contributed by atoms with Crippen LogP contribution in [-0.2, 0) is 20.9 Å². The average molecular weight is 494 g/mol. The Hall–Kier alpha value is -3.17. The van der Waals surface area contributed by atoms with Crippen molar-refractivity contribution in [2.45, 2.75) is 43.3 Å². The summed E-state index contributed by atoms with van der Waals surface area (Å²) < 4.78 is 12.7. The molecule has 1 aliphatic heterocycles. The van der Waals surface area contributed by atoms with E-state index in [1.54, 1.807) is 36.0 Å². The van der Waals surface area contributed by atoms with E-state index in [1.807, 2.05) is 48.5 Å². The number of hydrogen-bond acceptors (Lipinski definition) is 6. The standard InChI is InChI=1S/C27H27NO6S/c1-17(30)28-22-4-2-3-21(13-22)27-33-23(16-35-24-11-9-20(10-12-24)26(31)32)14-25(34-27)19-7-5-18(15-29)6-8-19/h2-13,23,25,27,29H,14-16H2,1H3,(H,28,30)(H,31,32)/t23-,25+,27+/m0/s1. The summed E-state index contributed by atoms with van der Waals surface area (Å²) >= 11 is 1.60. The van der Waals surface area contributed by atoms with Crippen molar-refractivity contribution in [3.8, 4) is 0 Å². The minimum absolute atomic E-state index is 0.0204. The van der Waals surface area contributed by atoms with Gasteiger partial charge in [0.05, 0.1) is 24.4 Å². The molecule has 8 heteroatoms. The Balaban J connectivity index is 1.53. The first-order chi connectivity index (χ1) is 16.9. The van der Waals surface area contributed by atoms with E-state index in [9.17, 15) is 14.7 Å². The summed E-state index contributed by atoms with van der Waals surface area (Å²) in [4.78, 5) is 23.6. The number of anilines is 1. The minimum Gasteiger partial charge on any atom is -0.478 e. The highest BCUT2D eigenvalue weighted by Gasteiger charge is 2.32.